The second-order valence-corrected chi connectivity index (χ2v) is 7.77. The molecule has 3 unspecified atom stereocenters. The molecule has 1 N–H and O–H groups in total. The smallest absolute Gasteiger partial charge is 0.215 e. The van der Waals surface area contributed by atoms with Crippen LogP contribution in [0.2, 0.25) is 0 Å². The van der Waals surface area contributed by atoms with E-state index in [1.54, 1.807) is 4.31 Å². The van der Waals surface area contributed by atoms with Gasteiger partial charge in [0.25, 0.3) is 0 Å². The Kier molecular flexibility index (Phi) is 4.31. The fourth-order valence-corrected chi connectivity index (χ4v) is 4.73. The highest BCUT2D eigenvalue weighted by atomic mass is 32.2. The molecular formula is C12H25N3O2S. The molecule has 2 saturated heterocycles. The molecule has 0 aliphatic carbocycles. The Labute approximate surface area is 111 Å². The average Bonchev–Trinajstić information content (AvgIpc) is 2.77. The summed E-state index contributed by atoms with van der Waals surface area (Å²) in [7, 11) is -1.04. The van der Waals surface area contributed by atoms with Crippen LogP contribution in [0.25, 0.3) is 0 Å². The first-order chi connectivity index (χ1) is 8.40. The van der Waals surface area contributed by atoms with E-state index in [-0.39, 0.29) is 11.8 Å². The van der Waals surface area contributed by atoms with Crippen LogP contribution in [0.1, 0.15) is 26.7 Å². The Bertz CT molecular complexity index is 367. The summed E-state index contributed by atoms with van der Waals surface area (Å²) < 4.78 is 26.5. The fraction of sp³-hybridized carbons (Fsp3) is 1.00. The van der Waals surface area contributed by atoms with Gasteiger partial charge in [-0.15, -0.1) is 0 Å². The predicted octanol–water partition coefficient (Wildman–Crippen LogP) is 0.0926. The van der Waals surface area contributed by atoms with Gasteiger partial charge in [0.1, 0.15) is 0 Å². The Morgan fingerprint density at radius 3 is 2.33 bits per heavy atom. The third-order valence-electron chi connectivity index (χ3n) is 4.29. The quantitative estimate of drug-likeness (QED) is 0.793. The van der Waals surface area contributed by atoms with Crippen molar-refractivity contribution in [3.8, 4) is 0 Å². The van der Waals surface area contributed by atoms with Crippen LogP contribution >= 0.6 is 0 Å². The summed E-state index contributed by atoms with van der Waals surface area (Å²) >= 11 is 0. The molecule has 2 aliphatic rings. The number of nitrogens with one attached hydrogen (secondary N) is 1. The minimum Gasteiger partial charge on any atom is -0.313 e. The molecule has 18 heavy (non-hydrogen) atoms. The maximum atomic E-state index is 12.4. The van der Waals surface area contributed by atoms with E-state index in [1.165, 1.54) is 0 Å². The van der Waals surface area contributed by atoms with Crippen LogP contribution in [0.5, 0.6) is 0 Å². The molecule has 0 amide bonds. The van der Waals surface area contributed by atoms with Gasteiger partial charge in [0.05, 0.1) is 5.75 Å². The first kappa shape index (κ1) is 14.2. The second-order valence-electron chi connectivity index (χ2n) is 5.75. The number of likely N-dealkylation sites (N-methyl/N-ethyl adjacent to an activating group) is 1. The van der Waals surface area contributed by atoms with E-state index < -0.39 is 10.0 Å². The highest BCUT2D eigenvalue weighted by Crippen LogP contribution is 2.18. The summed E-state index contributed by atoms with van der Waals surface area (Å²) in [6.07, 6.45) is 2.08. The van der Waals surface area contributed by atoms with Crippen molar-refractivity contribution in [3.63, 3.8) is 0 Å². The minimum absolute atomic E-state index is 0.153. The molecule has 2 rings (SSSR count). The van der Waals surface area contributed by atoms with E-state index >= 15 is 0 Å². The molecule has 3 atom stereocenters. The number of hydrogen-bond donors (Lipinski definition) is 1. The second kappa shape index (κ2) is 5.45. The number of sulfonamides is 1. The number of hydrogen-bond acceptors (Lipinski definition) is 4. The van der Waals surface area contributed by atoms with Crippen molar-refractivity contribution >= 4 is 10.0 Å². The van der Waals surface area contributed by atoms with Crippen molar-refractivity contribution in [2.45, 2.75) is 44.8 Å². The summed E-state index contributed by atoms with van der Waals surface area (Å²) in [5, 5.41) is 3.27. The monoisotopic (exact) mass is 275 g/mol. The van der Waals surface area contributed by atoms with E-state index in [1.807, 2.05) is 0 Å². The average molecular weight is 275 g/mol. The maximum Gasteiger partial charge on any atom is 0.215 e. The first-order valence-corrected chi connectivity index (χ1v) is 8.44. The van der Waals surface area contributed by atoms with Crippen molar-refractivity contribution in [2.75, 3.05) is 32.4 Å². The van der Waals surface area contributed by atoms with E-state index in [2.05, 4.69) is 31.1 Å². The minimum atomic E-state index is -3.11. The van der Waals surface area contributed by atoms with Crippen LogP contribution in [0.15, 0.2) is 0 Å². The molecule has 106 valence electrons. The Balaban J connectivity index is 2.01. The topological polar surface area (TPSA) is 52.7 Å². The Morgan fingerprint density at radius 1 is 1.22 bits per heavy atom. The molecule has 0 bridgehead atoms. The fourth-order valence-electron chi connectivity index (χ4n) is 2.84. The molecule has 0 radical (unpaired) electrons. The standard InChI is InChI=1S/C12H25N3O2S/c1-10-7-15(8-11(2)14(10)3)18(16,17)9-12-5-4-6-13-12/h10-13H,4-9H2,1-3H3. The molecule has 0 spiro atoms. The molecular weight excluding hydrogens is 250 g/mol. The third kappa shape index (κ3) is 3.04. The molecule has 0 aromatic carbocycles. The predicted molar refractivity (Wildman–Crippen MR) is 73.1 cm³/mol. The zero-order chi connectivity index (χ0) is 13.3. The maximum absolute atomic E-state index is 12.4. The third-order valence-corrected chi connectivity index (χ3v) is 6.20. The van der Waals surface area contributed by atoms with Crippen LogP contribution in [-0.2, 0) is 10.0 Å². The van der Waals surface area contributed by atoms with Gasteiger partial charge in [0.15, 0.2) is 0 Å². The van der Waals surface area contributed by atoms with Crippen LogP contribution in [0, 0.1) is 0 Å². The molecule has 2 fully saturated rings. The van der Waals surface area contributed by atoms with Gasteiger partial charge in [0.2, 0.25) is 10.0 Å². The van der Waals surface area contributed by atoms with Gasteiger partial charge in [-0.2, -0.15) is 4.31 Å². The van der Waals surface area contributed by atoms with Crippen LogP contribution in [0.3, 0.4) is 0 Å². The van der Waals surface area contributed by atoms with Crippen molar-refractivity contribution in [3.05, 3.63) is 0 Å². The largest absolute Gasteiger partial charge is 0.313 e. The van der Waals surface area contributed by atoms with E-state index in [9.17, 15) is 8.42 Å². The van der Waals surface area contributed by atoms with Gasteiger partial charge >= 0.3 is 0 Å². The highest BCUT2D eigenvalue weighted by Gasteiger charge is 2.35. The molecule has 5 nitrogen and oxygen atoms in total. The summed E-state index contributed by atoms with van der Waals surface area (Å²) in [4.78, 5) is 2.25. The summed E-state index contributed by atoms with van der Waals surface area (Å²) in [6, 6.07) is 0.736. The van der Waals surface area contributed by atoms with E-state index in [4.69, 9.17) is 0 Å². The van der Waals surface area contributed by atoms with Gasteiger partial charge in [-0.3, -0.25) is 4.90 Å². The number of nitrogens with zero attached hydrogens (tertiary/aromatic N) is 2. The number of piperazine rings is 1. The lowest BCUT2D eigenvalue weighted by atomic mass is 10.1. The van der Waals surface area contributed by atoms with Gasteiger partial charge in [-0.1, -0.05) is 0 Å². The molecule has 0 saturated carbocycles. The van der Waals surface area contributed by atoms with Crippen molar-refractivity contribution < 1.29 is 8.42 Å². The Hall–Kier alpha value is -0.170. The van der Waals surface area contributed by atoms with E-state index in [0.29, 0.717) is 25.2 Å². The van der Waals surface area contributed by atoms with Gasteiger partial charge in [-0.25, -0.2) is 8.42 Å². The Morgan fingerprint density at radius 2 is 1.83 bits per heavy atom. The highest BCUT2D eigenvalue weighted by molar-refractivity contribution is 7.89. The zero-order valence-electron chi connectivity index (χ0n) is 11.6. The molecule has 0 aromatic rings. The van der Waals surface area contributed by atoms with Crippen molar-refractivity contribution in [2.24, 2.45) is 0 Å². The number of rotatable bonds is 3. The van der Waals surface area contributed by atoms with Crippen molar-refractivity contribution in [1.82, 2.24) is 14.5 Å². The van der Waals surface area contributed by atoms with Crippen LogP contribution in [-0.4, -0.2) is 68.2 Å². The normalized spacial score (nSPS) is 36.1. The van der Waals surface area contributed by atoms with Crippen molar-refractivity contribution in [1.29, 1.82) is 0 Å². The summed E-state index contributed by atoms with van der Waals surface area (Å²) in [5.41, 5.74) is 0. The summed E-state index contributed by atoms with van der Waals surface area (Å²) in [6.45, 7) is 6.37. The van der Waals surface area contributed by atoms with E-state index in [0.717, 1.165) is 19.4 Å². The van der Waals surface area contributed by atoms with Gasteiger partial charge in [-0.05, 0) is 40.3 Å². The lowest BCUT2D eigenvalue weighted by Crippen LogP contribution is -2.57. The van der Waals surface area contributed by atoms with Gasteiger partial charge < -0.3 is 5.32 Å². The van der Waals surface area contributed by atoms with Crippen LogP contribution < -0.4 is 5.32 Å². The molecule has 2 aliphatic heterocycles. The summed E-state index contributed by atoms with van der Waals surface area (Å²) in [5.74, 6) is 0.260. The van der Waals surface area contributed by atoms with Crippen LogP contribution in [0.4, 0.5) is 0 Å². The molecule has 6 heteroatoms. The zero-order valence-corrected chi connectivity index (χ0v) is 12.4. The first-order valence-electron chi connectivity index (χ1n) is 6.83. The SMILES string of the molecule is CC1CN(S(=O)(=O)CC2CCCN2)CC(C)N1C. The molecule has 2 heterocycles. The van der Waals surface area contributed by atoms with Gasteiger partial charge in [0, 0.05) is 31.2 Å². The lowest BCUT2D eigenvalue weighted by Gasteiger charge is -2.41. The molecule has 0 aromatic heterocycles. The lowest BCUT2D eigenvalue weighted by molar-refractivity contribution is 0.105.